The topological polar surface area (TPSA) is 57.4 Å². The van der Waals surface area contributed by atoms with Crippen LogP contribution in [0.25, 0.3) is 22.0 Å². The van der Waals surface area contributed by atoms with E-state index in [0.717, 1.165) is 69.8 Å². The molecule has 0 fully saturated rings. The molecule has 0 N–H and O–H groups in total. The maximum Gasteiger partial charge on any atom is 0.181 e. The highest BCUT2D eigenvalue weighted by Crippen LogP contribution is 2.47. The molecule has 0 unspecified atom stereocenters. The molecule has 0 radical (unpaired) electrons. The molecule has 6 heteroatoms. The fourth-order valence-electron chi connectivity index (χ4n) is 4.83. The molecule has 0 bridgehead atoms. The van der Waals surface area contributed by atoms with E-state index in [0.29, 0.717) is 5.02 Å². The van der Waals surface area contributed by atoms with Crippen molar-refractivity contribution in [3.05, 3.63) is 70.2 Å². The third-order valence-electron chi connectivity index (χ3n) is 6.32. The molecule has 4 aromatic rings. The fourth-order valence-corrected chi connectivity index (χ4v) is 5.07. The molecule has 1 aliphatic heterocycles. The SMILES string of the molecule is COc1ccc2nccc(-c3cc(Cl)cc4c3O[C@@H](c3onc5c3CCCC5)C4)c2c1. The summed E-state index contributed by atoms with van der Waals surface area (Å²) in [4.78, 5) is 4.51. The summed E-state index contributed by atoms with van der Waals surface area (Å²) in [7, 11) is 1.67. The van der Waals surface area contributed by atoms with Gasteiger partial charge in [0.1, 0.15) is 11.5 Å². The summed E-state index contributed by atoms with van der Waals surface area (Å²) in [6.07, 6.45) is 6.69. The number of benzene rings is 2. The summed E-state index contributed by atoms with van der Waals surface area (Å²) in [5, 5.41) is 6.00. The number of aryl methyl sites for hydroxylation is 1. The number of aromatic nitrogens is 2. The Kier molecular flexibility index (Phi) is 4.39. The van der Waals surface area contributed by atoms with Gasteiger partial charge in [-0.2, -0.15) is 0 Å². The lowest BCUT2D eigenvalue weighted by Gasteiger charge is -2.15. The molecule has 0 saturated carbocycles. The van der Waals surface area contributed by atoms with Crippen LogP contribution >= 0.6 is 11.6 Å². The molecule has 0 amide bonds. The van der Waals surface area contributed by atoms with Crippen molar-refractivity contribution in [2.45, 2.75) is 38.2 Å². The van der Waals surface area contributed by atoms with E-state index in [1.807, 2.05) is 42.6 Å². The van der Waals surface area contributed by atoms with Crippen molar-refractivity contribution >= 4 is 22.5 Å². The highest BCUT2D eigenvalue weighted by atomic mass is 35.5. The normalized spacial score (nSPS) is 17.3. The third-order valence-corrected chi connectivity index (χ3v) is 6.54. The van der Waals surface area contributed by atoms with Crippen molar-refractivity contribution in [2.75, 3.05) is 7.11 Å². The lowest BCUT2D eigenvalue weighted by Crippen LogP contribution is -2.08. The first-order valence-electron chi connectivity index (χ1n) is 10.6. The van der Waals surface area contributed by atoms with Gasteiger partial charge in [0.15, 0.2) is 11.9 Å². The van der Waals surface area contributed by atoms with Crippen LogP contribution in [0.1, 0.15) is 41.5 Å². The Morgan fingerprint density at radius 2 is 1.97 bits per heavy atom. The Bertz CT molecular complexity index is 1310. The number of ether oxygens (including phenoxy) is 2. The highest BCUT2D eigenvalue weighted by Gasteiger charge is 2.34. The second-order valence-corrected chi connectivity index (χ2v) is 8.61. The number of methoxy groups -OCH3 is 1. The van der Waals surface area contributed by atoms with Crippen molar-refractivity contribution in [3.8, 4) is 22.6 Å². The largest absolute Gasteiger partial charge is 0.497 e. The predicted octanol–water partition coefficient (Wildman–Crippen LogP) is 6.11. The Labute approximate surface area is 184 Å². The molecular formula is C25H21ClN2O3. The van der Waals surface area contributed by atoms with Gasteiger partial charge in [-0.1, -0.05) is 16.8 Å². The number of rotatable bonds is 3. The van der Waals surface area contributed by atoms with Gasteiger partial charge in [-0.05, 0) is 67.6 Å². The van der Waals surface area contributed by atoms with Gasteiger partial charge in [-0.3, -0.25) is 4.98 Å². The van der Waals surface area contributed by atoms with Gasteiger partial charge in [0.25, 0.3) is 0 Å². The van der Waals surface area contributed by atoms with Crippen molar-refractivity contribution in [1.29, 1.82) is 0 Å². The summed E-state index contributed by atoms with van der Waals surface area (Å²) in [6.45, 7) is 0. The molecule has 0 saturated heterocycles. The van der Waals surface area contributed by atoms with Crippen LogP contribution in [0.3, 0.4) is 0 Å². The number of pyridine rings is 1. The fraction of sp³-hybridized carbons (Fsp3) is 0.280. The van der Waals surface area contributed by atoms with Crippen LogP contribution in [0.15, 0.2) is 47.1 Å². The smallest absolute Gasteiger partial charge is 0.181 e. The third kappa shape index (κ3) is 3.07. The van der Waals surface area contributed by atoms with Gasteiger partial charge in [-0.25, -0.2) is 0 Å². The van der Waals surface area contributed by atoms with Crippen LogP contribution < -0.4 is 9.47 Å². The highest BCUT2D eigenvalue weighted by molar-refractivity contribution is 6.31. The van der Waals surface area contributed by atoms with Gasteiger partial charge in [0, 0.05) is 39.7 Å². The van der Waals surface area contributed by atoms with Crippen LogP contribution in [-0.2, 0) is 19.3 Å². The maximum absolute atomic E-state index is 6.54. The quantitative estimate of drug-likeness (QED) is 0.391. The summed E-state index contributed by atoms with van der Waals surface area (Å²) in [5.41, 5.74) is 6.27. The zero-order chi connectivity index (χ0) is 20.9. The Morgan fingerprint density at radius 3 is 2.87 bits per heavy atom. The van der Waals surface area contributed by atoms with E-state index in [-0.39, 0.29) is 6.10 Å². The van der Waals surface area contributed by atoms with Gasteiger partial charge >= 0.3 is 0 Å². The average molecular weight is 433 g/mol. The molecule has 1 aliphatic carbocycles. The lowest BCUT2D eigenvalue weighted by molar-refractivity contribution is 0.189. The minimum Gasteiger partial charge on any atom is -0.497 e. The van der Waals surface area contributed by atoms with Crippen molar-refractivity contribution in [3.63, 3.8) is 0 Å². The number of fused-ring (bicyclic) bond motifs is 3. The zero-order valence-electron chi connectivity index (χ0n) is 17.2. The first-order valence-corrected chi connectivity index (χ1v) is 11.0. The molecule has 156 valence electrons. The van der Waals surface area contributed by atoms with Crippen LogP contribution in [0, 0.1) is 0 Å². The summed E-state index contributed by atoms with van der Waals surface area (Å²) >= 11 is 6.54. The minimum atomic E-state index is -0.177. The van der Waals surface area contributed by atoms with Gasteiger partial charge in [0.05, 0.1) is 18.3 Å². The number of hydrogen-bond donors (Lipinski definition) is 0. The summed E-state index contributed by atoms with van der Waals surface area (Å²) in [6, 6.07) is 11.8. The van der Waals surface area contributed by atoms with E-state index >= 15 is 0 Å². The predicted molar refractivity (Wildman–Crippen MR) is 119 cm³/mol. The van der Waals surface area contributed by atoms with Crippen LogP contribution in [-0.4, -0.2) is 17.3 Å². The zero-order valence-corrected chi connectivity index (χ0v) is 17.9. The summed E-state index contributed by atoms with van der Waals surface area (Å²) in [5.74, 6) is 2.51. The number of nitrogens with zero attached hydrogens (tertiary/aromatic N) is 2. The molecule has 0 spiro atoms. The molecular weight excluding hydrogens is 412 g/mol. The molecule has 6 rings (SSSR count). The van der Waals surface area contributed by atoms with Crippen LogP contribution in [0.4, 0.5) is 0 Å². The lowest BCUT2D eigenvalue weighted by atomic mass is 9.93. The monoisotopic (exact) mass is 432 g/mol. The van der Waals surface area contributed by atoms with Crippen molar-refractivity contribution < 1.29 is 14.0 Å². The molecule has 2 aromatic heterocycles. The van der Waals surface area contributed by atoms with E-state index in [1.165, 1.54) is 18.4 Å². The standard InChI is InChI=1S/C25H21ClN2O3/c1-29-16-6-7-21-19(13-16)17(8-9-27-21)20-12-15(26)10-14-11-23(30-24(14)20)25-18-4-2-3-5-22(18)28-31-25/h6-10,12-13,23H,2-5,11H2,1H3/t23-/m1/s1. The Hall–Kier alpha value is -3.05. The molecule has 2 aliphatic rings. The molecule has 1 atom stereocenters. The van der Waals surface area contributed by atoms with E-state index < -0.39 is 0 Å². The average Bonchev–Trinajstić information content (AvgIpc) is 3.41. The van der Waals surface area contributed by atoms with Crippen molar-refractivity contribution in [1.82, 2.24) is 10.1 Å². The first-order chi connectivity index (χ1) is 15.2. The number of hydrogen-bond acceptors (Lipinski definition) is 5. The molecule has 31 heavy (non-hydrogen) atoms. The van der Waals surface area contributed by atoms with Crippen LogP contribution in [0.5, 0.6) is 11.5 Å². The van der Waals surface area contributed by atoms with E-state index in [9.17, 15) is 0 Å². The number of halogens is 1. The van der Waals surface area contributed by atoms with Crippen LogP contribution in [0.2, 0.25) is 5.02 Å². The molecule has 2 aromatic carbocycles. The van der Waals surface area contributed by atoms with Gasteiger partial charge in [0.2, 0.25) is 0 Å². The Morgan fingerprint density at radius 1 is 1.06 bits per heavy atom. The van der Waals surface area contributed by atoms with Crippen molar-refractivity contribution in [2.24, 2.45) is 0 Å². The maximum atomic E-state index is 6.54. The van der Waals surface area contributed by atoms with E-state index in [4.69, 9.17) is 25.6 Å². The second kappa shape index (κ2) is 7.27. The van der Waals surface area contributed by atoms with E-state index in [2.05, 4.69) is 10.1 Å². The minimum absolute atomic E-state index is 0.177. The van der Waals surface area contributed by atoms with E-state index in [1.54, 1.807) is 7.11 Å². The second-order valence-electron chi connectivity index (χ2n) is 8.17. The van der Waals surface area contributed by atoms with Gasteiger partial charge < -0.3 is 14.0 Å². The van der Waals surface area contributed by atoms with Gasteiger partial charge in [-0.15, -0.1) is 0 Å². The summed E-state index contributed by atoms with van der Waals surface area (Å²) < 4.78 is 17.7. The molecule has 5 nitrogen and oxygen atoms in total. The molecule has 3 heterocycles. The first kappa shape index (κ1) is 18.7. The Balaban J connectivity index is 1.47.